The predicted octanol–water partition coefficient (Wildman–Crippen LogP) is 4.31. The molecule has 1 aliphatic rings. The van der Waals surface area contributed by atoms with Crippen LogP contribution in [0.25, 0.3) is 5.57 Å². The van der Waals surface area contributed by atoms with Crippen molar-refractivity contribution < 1.29 is 13.2 Å². The van der Waals surface area contributed by atoms with Crippen molar-refractivity contribution in [1.82, 2.24) is 4.90 Å². The van der Waals surface area contributed by atoms with E-state index in [-0.39, 0.29) is 10.8 Å². The smallest absolute Gasteiger partial charge is 0.227 e. The molecular weight excluding hydrogens is 382 g/mol. The fourth-order valence-electron chi connectivity index (χ4n) is 3.20. The summed E-state index contributed by atoms with van der Waals surface area (Å²) in [5.41, 5.74) is 3.21. The number of carbonyl (C=O) groups excluding carboxylic acids is 1. The van der Waals surface area contributed by atoms with E-state index >= 15 is 0 Å². The number of hydrogen-bond donors (Lipinski definition) is 0. The summed E-state index contributed by atoms with van der Waals surface area (Å²) >= 11 is 6.03. The fraction of sp³-hybridized carbons (Fsp3) is 0.190. The van der Waals surface area contributed by atoms with Crippen LogP contribution in [0.15, 0.2) is 71.8 Å². The highest BCUT2D eigenvalue weighted by Crippen LogP contribution is 2.32. The summed E-state index contributed by atoms with van der Waals surface area (Å²) in [7, 11) is -3.28. The molecule has 27 heavy (non-hydrogen) atoms. The Morgan fingerprint density at radius 2 is 1.63 bits per heavy atom. The van der Waals surface area contributed by atoms with Gasteiger partial charge in [-0.25, -0.2) is 8.42 Å². The molecule has 1 amide bonds. The molecule has 6 heteroatoms. The largest absolute Gasteiger partial charge is 0.312 e. The number of nitrogens with zero attached hydrogens (tertiary/aromatic N) is 1. The Kier molecular flexibility index (Phi) is 5.53. The van der Waals surface area contributed by atoms with Crippen LogP contribution in [-0.2, 0) is 14.6 Å². The van der Waals surface area contributed by atoms with Crippen molar-refractivity contribution in [3.63, 3.8) is 0 Å². The Hall–Kier alpha value is -2.37. The van der Waals surface area contributed by atoms with Gasteiger partial charge < -0.3 is 4.90 Å². The van der Waals surface area contributed by atoms with E-state index in [4.69, 9.17) is 11.6 Å². The van der Waals surface area contributed by atoms with Crippen LogP contribution in [0, 0.1) is 0 Å². The van der Waals surface area contributed by atoms with Gasteiger partial charge in [0.15, 0.2) is 9.84 Å². The van der Waals surface area contributed by atoms with E-state index < -0.39 is 9.84 Å². The molecule has 2 aromatic rings. The minimum atomic E-state index is -3.28. The van der Waals surface area contributed by atoms with E-state index in [1.54, 1.807) is 47.4 Å². The number of amides is 1. The van der Waals surface area contributed by atoms with Gasteiger partial charge in [0.25, 0.3) is 0 Å². The molecule has 0 unspecified atom stereocenters. The Balaban J connectivity index is 2.21. The Labute approximate surface area is 164 Å². The second kappa shape index (κ2) is 7.71. The molecule has 1 saturated heterocycles. The van der Waals surface area contributed by atoms with Gasteiger partial charge in [-0.3, -0.25) is 4.79 Å². The van der Waals surface area contributed by atoms with Gasteiger partial charge in [0.05, 0.1) is 10.6 Å². The quantitative estimate of drug-likeness (QED) is 0.701. The number of sulfone groups is 1. The molecule has 4 nitrogen and oxygen atoms in total. The second-order valence-corrected chi connectivity index (χ2v) is 8.87. The van der Waals surface area contributed by atoms with Crippen LogP contribution in [-0.4, -0.2) is 32.0 Å². The van der Waals surface area contributed by atoms with Crippen molar-refractivity contribution in [3.05, 3.63) is 83.0 Å². The number of carbonyl (C=O) groups is 1. The Bertz CT molecular complexity index is 1010. The lowest BCUT2D eigenvalue weighted by atomic mass is 9.95. The van der Waals surface area contributed by atoms with Gasteiger partial charge in [-0.05, 0) is 47.9 Å². The number of allylic oxidation sites excluding steroid dienone is 1. The fourth-order valence-corrected chi connectivity index (χ4v) is 3.95. The van der Waals surface area contributed by atoms with Crippen LogP contribution < -0.4 is 0 Å². The zero-order valence-corrected chi connectivity index (χ0v) is 16.6. The highest BCUT2D eigenvalue weighted by atomic mass is 35.5. The Morgan fingerprint density at radius 3 is 2.07 bits per heavy atom. The van der Waals surface area contributed by atoms with Crippen LogP contribution >= 0.6 is 11.6 Å². The summed E-state index contributed by atoms with van der Waals surface area (Å²) in [6.45, 7) is 4.55. The molecular formula is C21H20ClNO3S. The molecule has 0 atom stereocenters. The van der Waals surface area contributed by atoms with E-state index in [1.807, 2.05) is 12.1 Å². The minimum absolute atomic E-state index is 0.0594. The molecule has 0 aromatic heterocycles. The van der Waals surface area contributed by atoms with Crippen molar-refractivity contribution in [3.8, 4) is 0 Å². The third-order valence-electron chi connectivity index (χ3n) is 4.52. The molecule has 140 valence electrons. The SMILES string of the molecule is C=C/C(=C(/c1ccc(Cl)cc1)c1ccc(S(C)(=O)=O)cc1)N1CCCC1=O. The zero-order chi connectivity index (χ0) is 19.6. The lowest BCUT2D eigenvalue weighted by Gasteiger charge is -2.22. The summed E-state index contributed by atoms with van der Waals surface area (Å²) in [5, 5.41) is 0.614. The molecule has 1 fully saturated rings. The van der Waals surface area contributed by atoms with Crippen LogP contribution in [0.2, 0.25) is 5.02 Å². The maximum atomic E-state index is 12.3. The summed E-state index contributed by atoms with van der Waals surface area (Å²) in [6, 6.07) is 14.0. The number of halogens is 1. The lowest BCUT2D eigenvalue weighted by Crippen LogP contribution is -2.24. The predicted molar refractivity (Wildman–Crippen MR) is 108 cm³/mol. The van der Waals surface area contributed by atoms with Crippen molar-refractivity contribution in [2.45, 2.75) is 17.7 Å². The molecule has 0 N–H and O–H groups in total. The number of likely N-dealkylation sites (tertiary alicyclic amines) is 1. The first kappa shape index (κ1) is 19.4. The topological polar surface area (TPSA) is 54.5 Å². The second-order valence-electron chi connectivity index (χ2n) is 6.42. The van der Waals surface area contributed by atoms with Crippen LogP contribution in [0.5, 0.6) is 0 Å². The average Bonchev–Trinajstić information content (AvgIpc) is 3.06. The van der Waals surface area contributed by atoms with E-state index in [2.05, 4.69) is 6.58 Å². The molecule has 2 aromatic carbocycles. The lowest BCUT2D eigenvalue weighted by molar-refractivity contribution is -0.125. The Morgan fingerprint density at radius 1 is 1.07 bits per heavy atom. The van der Waals surface area contributed by atoms with E-state index in [9.17, 15) is 13.2 Å². The van der Waals surface area contributed by atoms with Crippen LogP contribution in [0.4, 0.5) is 0 Å². The monoisotopic (exact) mass is 401 g/mol. The van der Waals surface area contributed by atoms with Crippen LogP contribution in [0.3, 0.4) is 0 Å². The van der Waals surface area contributed by atoms with Crippen LogP contribution in [0.1, 0.15) is 24.0 Å². The highest BCUT2D eigenvalue weighted by molar-refractivity contribution is 7.90. The van der Waals surface area contributed by atoms with Gasteiger partial charge in [-0.1, -0.05) is 42.4 Å². The van der Waals surface area contributed by atoms with Gasteiger partial charge in [0.1, 0.15) is 0 Å². The summed E-state index contributed by atoms with van der Waals surface area (Å²) < 4.78 is 23.5. The normalized spacial score (nSPS) is 15.6. The first-order valence-corrected chi connectivity index (χ1v) is 10.8. The van der Waals surface area contributed by atoms with Gasteiger partial charge in [-0.2, -0.15) is 0 Å². The van der Waals surface area contributed by atoms with E-state index in [1.165, 1.54) is 6.26 Å². The van der Waals surface area contributed by atoms with Crippen molar-refractivity contribution in [1.29, 1.82) is 0 Å². The number of rotatable bonds is 5. The van der Waals surface area contributed by atoms with Gasteiger partial charge >= 0.3 is 0 Å². The first-order valence-electron chi connectivity index (χ1n) is 8.55. The maximum Gasteiger partial charge on any atom is 0.227 e. The van der Waals surface area contributed by atoms with Crippen molar-refractivity contribution in [2.24, 2.45) is 0 Å². The first-order chi connectivity index (χ1) is 12.8. The standard InChI is InChI=1S/C21H20ClNO3S/c1-3-19(23-14-4-5-20(23)24)21(15-6-10-17(22)11-7-15)16-8-12-18(13-9-16)27(2,25)26/h3,6-13H,1,4-5,14H2,2H3/b21-19+. The molecule has 0 aliphatic carbocycles. The van der Waals surface area contributed by atoms with Gasteiger partial charge in [-0.15, -0.1) is 0 Å². The van der Waals surface area contributed by atoms with Gasteiger partial charge in [0, 0.05) is 29.8 Å². The number of hydrogen-bond acceptors (Lipinski definition) is 3. The molecule has 1 aliphatic heterocycles. The maximum absolute atomic E-state index is 12.3. The molecule has 0 spiro atoms. The van der Waals surface area contributed by atoms with E-state index in [0.717, 1.165) is 23.1 Å². The molecule has 0 radical (unpaired) electrons. The summed E-state index contributed by atoms with van der Waals surface area (Å²) in [5.74, 6) is 0.0594. The number of benzene rings is 2. The summed E-state index contributed by atoms with van der Waals surface area (Å²) in [4.78, 5) is 14.3. The highest BCUT2D eigenvalue weighted by Gasteiger charge is 2.25. The molecule has 0 saturated carbocycles. The van der Waals surface area contributed by atoms with Crippen molar-refractivity contribution in [2.75, 3.05) is 12.8 Å². The minimum Gasteiger partial charge on any atom is -0.312 e. The molecule has 3 rings (SSSR count). The molecule has 0 bridgehead atoms. The molecule has 1 heterocycles. The third kappa shape index (κ3) is 4.15. The van der Waals surface area contributed by atoms with Crippen molar-refractivity contribution >= 4 is 32.9 Å². The van der Waals surface area contributed by atoms with E-state index in [0.29, 0.717) is 23.7 Å². The average molecular weight is 402 g/mol. The van der Waals surface area contributed by atoms with Gasteiger partial charge in [0.2, 0.25) is 5.91 Å². The third-order valence-corrected chi connectivity index (χ3v) is 5.90. The summed E-state index contributed by atoms with van der Waals surface area (Å²) in [6.07, 6.45) is 4.17. The zero-order valence-electron chi connectivity index (χ0n) is 15.0.